The smallest absolute Gasteiger partial charge is 0.261 e. The predicted molar refractivity (Wildman–Crippen MR) is 126 cm³/mol. The molecule has 0 bridgehead atoms. The number of likely N-dealkylation sites (tertiary alicyclic amines) is 1. The summed E-state index contributed by atoms with van der Waals surface area (Å²) >= 11 is 0. The topological polar surface area (TPSA) is 40.6 Å². The zero-order chi connectivity index (χ0) is 23.7. The molecule has 172 valence electrons. The molecule has 2 heterocycles. The summed E-state index contributed by atoms with van der Waals surface area (Å²) < 4.78 is 27.1. The molecule has 0 saturated carbocycles. The lowest BCUT2D eigenvalue weighted by molar-refractivity contribution is 0.0634. The fraction of sp³-hybridized carbons (Fsp3) is 0.214. The van der Waals surface area contributed by atoms with Crippen LogP contribution in [0.25, 0.3) is 5.57 Å². The third-order valence-corrected chi connectivity index (χ3v) is 6.60. The number of hydrogen-bond acceptors (Lipinski definition) is 3. The highest BCUT2D eigenvalue weighted by Crippen LogP contribution is 2.33. The first-order valence-corrected chi connectivity index (χ1v) is 11.4. The minimum absolute atomic E-state index is 0.229. The molecule has 5 rings (SSSR count). The lowest BCUT2D eigenvalue weighted by Crippen LogP contribution is -2.40. The fourth-order valence-corrected chi connectivity index (χ4v) is 4.79. The van der Waals surface area contributed by atoms with Crippen molar-refractivity contribution >= 4 is 17.4 Å². The molecule has 2 aliphatic rings. The average Bonchev–Trinajstić information content (AvgIpc) is 3.11. The summed E-state index contributed by atoms with van der Waals surface area (Å²) in [5, 5.41) is 0. The van der Waals surface area contributed by atoms with Crippen molar-refractivity contribution in [1.29, 1.82) is 0 Å². The fourth-order valence-electron chi connectivity index (χ4n) is 4.79. The van der Waals surface area contributed by atoms with Crippen molar-refractivity contribution in [3.8, 4) is 0 Å². The summed E-state index contributed by atoms with van der Waals surface area (Å²) in [7, 11) is 0. The van der Waals surface area contributed by atoms with E-state index in [1.165, 1.54) is 34.7 Å². The van der Waals surface area contributed by atoms with Crippen LogP contribution in [0.1, 0.15) is 44.7 Å². The Bertz CT molecular complexity index is 1170. The lowest BCUT2D eigenvalue weighted by Gasteiger charge is -2.31. The standard InChI is InChI=1S/C28H24F2N2O2/c29-22-9-5-19(6-10-22)26(20-7-11-23(30)12-8-20)21-13-15-31(16-14-21)17-18-32-27(33)24-3-1-2-4-25(24)28(32)34/h1-12H,13-18H2. The maximum atomic E-state index is 13.5. The molecule has 3 aromatic carbocycles. The number of fused-ring (bicyclic) bond motifs is 1. The molecule has 1 saturated heterocycles. The number of hydrogen-bond donors (Lipinski definition) is 0. The van der Waals surface area contributed by atoms with Crippen LogP contribution < -0.4 is 0 Å². The van der Waals surface area contributed by atoms with Gasteiger partial charge in [0, 0.05) is 26.2 Å². The number of carbonyl (C=O) groups excluding carboxylic acids is 2. The molecule has 2 amide bonds. The maximum Gasteiger partial charge on any atom is 0.261 e. The van der Waals surface area contributed by atoms with Crippen molar-refractivity contribution in [2.45, 2.75) is 12.8 Å². The zero-order valence-corrected chi connectivity index (χ0v) is 18.6. The molecule has 34 heavy (non-hydrogen) atoms. The van der Waals surface area contributed by atoms with E-state index in [0.29, 0.717) is 24.2 Å². The van der Waals surface area contributed by atoms with Crippen molar-refractivity contribution in [2.75, 3.05) is 26.2 Å². The number of carbonyl (C=O) groups is 2. The van der Waals surface area contributed by atoms with Crippen LogP contribution in [-0.4, -0.2) is 47.8 Å². The minimum Gasteiger partial charge on any atom is -0.301 e. The monoisotopic (exact) mass is 458 g/mol. The molecule has 0 unspecified atom stereocenters. The second-order valence-corrected chi connectivity index (χ2v) is 8.64. The highest BCUT2D eigenvalue weighted by molar-refractivity contribution is 6.21. The van der Waals surface area contributed by atoms with Gasteiger partial charge in [0.15, 0.2) is 0 Å². The zero-order valence-electron chi connectivity index (χ0n) is 18.6. The van der Waals surface area contributed by atoms with E-state index in [1.54, 1.807) is 48.5 Å². The molecular formula is C28H24F2N2O2. The molecule has 2 aliphatic heterocycles. The second-order valence-electron chi connectivity index (χ2n) is 8.64. The van der Waals surface area contributed by atoms with Crippen LogP contribution in [0.4, 0.5) is 8.78 Å². The summed E-state index contributed by atoms with van der Waals surface area (Å²) in [6.07, 6.45) is 1.60. The highest BCUT2D eigenvalue weighted by Gasteiger charge is 2.35. The number of rotatable bonds is 5. The quantitative estimate of drug-likeness (QED) is 0.496. The summed E-state index contributed by atoms with van der Waals surface area (Å²) in [6.45, 7) is 2.53. The van der Waals surface area contributed by atoms with E-state index in [0.717, 1.165) is 42.6 Å². The molecular weight excluding hydrogens is 434 g/mol. The van der Waals surface area contributed by atoms with Crippen LogP contribution >= 0.6 is 0 Å². The van der Waals surface area contributed by atoms with Crippen molar-refractivity contribution in [1.82, 2.24) is 9.80 Å². The van der Waals surface area contributed by atoms with E-state index in [4.69, 9.17) is 0 Å². The Morgan fingerprint density at radius 3 is 1.62 bits per heavy atom. The molecule has 4 nitrogen and oxygen atoms in total. The van der Waals surface area contributed by atoms with Crippen LogP contribution in [0, 0.1) is 11.6 Å². The molecule has 0 atom stereocenters. The Morgan fingerprint density at radius 1 is 0.676 bits per heavy atom. The van der Waals surface area contributed by atoms with Crippen molar-refractivity contribution in [2.24, 2.45) is 0 Å². The summed E-state index contributed by atoms with van der Waals surface area (Å²) in [5.74, 6) is -1.05. The molecule has 0 aliphatic carbocycles. The molecule has 0 spiro atoms. The van der Waals surface area contributed by atoms with Crippen LogP contribution in [0.5, 0.6) is 0 Å². The molecule has 0 N–H and O–H groups in total. The van der Waals surface area contributed by atoms with Gasteiger partial charge in [-0.3, -0.25) is 14.5 Å². The van der Waals surface area contributed by atoms with Gasteiger partial charge in [-0.2, -0.15) is 0 Å². The Balaban J connectivity index is 1.30. The number of halogens is 2. The predicted octanol–water partition coefficient (Wildman–Crippen LogP) is 5.16. The maximum absolute atomic E-state index is 13.5. The first-order valence-electron chi connectivity index (χ1n) is 11.4. The van der Waals surface area contributed by atoms with E-state index in [-0.39, 0.29) is 23.4 Å². The van der Waals surface area contributed by atoms with Crippen molar-refractivity contribution < 1.29 is 18.4 Å². The molecule has 1 fully saturated rings. The van der Waals surface area contributed by atoms with Gasteiger partial charge in [-0.15, -0.1) is 0 Å². The van der Waals surface area contributed by atoms with Crippen LogP contribution in [0.2, 0.25) is 0 Å². The van der Waals surface area contributed by atoms with Gasteiger partial charge in [-0.1, -0.05) is 42.0 Å². The summed E-state index contributed by atoms with van der Waals surface area (Å²) in [5.41, 5.74) is 5.00. The van der Waals surface area contributed by atoms with Gasteiger partial charge >= 0.3 is 0 Å². The first-order chi connectivity index (χ1) is 16.5. The third kappa shape index (κ3) is 4.29. The third-order valence-electron chi connectivity index (χ3n) is 6.60. The molecule has 0 aromatic heterocycles. The van der Waals surface area contributed by atoms with Gasteiger partial charge in [-0.25, -0.2) is 8.78 Å². The highest BCUT2D eigenvalue weighted by atomic mass is 19.1. The number of benzene rings is 3. The van der Waals surface area contributed by atoms with E-state index in [2.05, 4.69) is 4.90 Å². The molecule has 0 radical (unpaired) electrons. The van der Waals surface area contributed by atoms with Gasteiger partial charge in [0.05, 0.1) is 11.1 Å². The Morgan fingerprint density at radius 2 is 1.15 bits per heavy atom. The molecule has 6 heteroatoms. The number of amides is 2. The Labute approximate surface area is 197 Å². The second kappa shape index (κ2) is 9.31. The molecule has 3 aromatic rings. The van der Waals surface area contributed by atoms with Crippen molar-refractivity contribution in [3.63, 3.8) is 0 Å². The largest absolute Gasteiger partial charge is 0.301 e. The van der Waals surface area contributed by atoms with E-state index < -0.39 is 0 Å². The van der Waals surface area contributed by atoms with E-state index in [1.807, 2.05) is 0 Å². The van der Waals surface area contributed by atoms with Gasteiger partial charge in [0.25, 0.3) is 11.8 Å². The lowest BCUT2D eigenvalue weighted by atomic mass is 9.88. The van der Waals surface area contributed by atoms with Gasteiger partial charge < -0.3 is 4.90 Å². The summed E-state index contributed by atoms with van der Waals surface area (Å²) in [6, 6.07) is 19.7. The van der Waals surface area contributed by atoms with Crippen LogP contribution in [0.3, 0.4) is 0 Å². The van der Waals surface area contributed by atoms with Crippen molar-refractivity contribution in [3.05, 3.63) is 112 Å². The number of imide groups is 1. The van der Waals surface area contributed by atoms with Gasteiger partial charge in [0.2, 0.25) is 0 Å². The summed E-state index contributed by atoms with van der Waals surface area (Å²) in [4.78, 5) is 28.8. The van der Waals surface area contributed by atoms with E-state index in [9.17, 15) is 18.4 Å². The minimum atomic E-state index is -0.296. The van der Waals surface area contributed by atoms with Gasteiger partial charge in [-0.05, 0) is 65.9 Å². The van der Waals surface area contributed by atoms with Crippen LogP contribution in [0.15, 0.2) is 78.4 Å². The Kier molecular flexibility index (Phi) is 6.07. The normalized spacial score (nSPS) is 16.2. The first kappa shape index (κ1) is 22.2. The number of nitrogens with zero attached hydrogens (tertiary/aromatic N) is 2. The van der Waals surface area contributed by atoms with Crippen LogP contribution in [-0.2, 0) is 0 Å². The SMILES string of the molecule is O=C1c2ccccc2C(=O)N1CCN1CCC(=C(c2ccc(F)cc2)c2ccc(F)cc2)CC1. The number of piperidine rings is 1. The Hall–Kier alpha value is -3.64. The van der Waals surface area contributed by atoms with E-state index >= 15 is 0 Å². The van der Waals surface area contributed by atoms with Gasteiger partial charge in [0.1, 0.15) is 11.6 Å². The average molecular weight is 459 g/mol.